The Morgan fingerprint density at radius 1 is 1.44 bits per heavy atom. The number of benzene rings is 1. The van der Waals surface area contributed by atoms with Gasteiger partial charge in [0.25, 0.3) is 0 Å². The first-order valence-corrected chi connectivity index (χ1v) is 7.91. The number of aromatic nitrogens is 2. The van der Waals surface area contributed by atoms with Gasteiger partial charge in [-0.2, -0.15) is 5.10 Å². The molecule has 1 aromatic carbocycles. The Bertz CT molecular complexity index is 785. The molecule has 2 rings (SSSR count). The molecule has 0 saturated carbocycles. The molecular formula is C18H21FN4O2. The summed E-state index contributed by atoms with van der Waals surface area (Å²) in [5, 5.41) is 9.39. The van der Waals surface area contributed by atoms with E-state index < -0.39 is 5.82 Å². The van der Waals surface area contributed by atoms with E-state index in [1.807, 2.05) is 6.92 Å². The van der Waals surface area contributed by atoms with Crippen LogP contribution in [0.15, 0.2) is 43.2 Å². The second-order valence-electron chi connectivity index (χ2n) is 5.71. The number of hydrogen-bond acceptors (Lipinski definition) is 3. The van der Waals surface area contributed by atoms with E-state index in [-0.39, 0.29) is 30.8 Å². The van der Waals surface area contributed by atoms with Gasteiger partial charge in [0.2, 0.25) is 11.8 Å². The van der Waals surface area contributed by atoms with Crippen molar-refractivity contribution < 1.29 is 14.0 Å². The van der Waals surface area contributed by atoms with Crippen LogP contribution < -0.4 is 10.6 Å². The normalized spacial score (nSPS) is 11.6. The van der Waals surface area contributed by atoms with E-state index in [1.54, 1.807) is 31.5 Å². The van der Waals surface area contributed by atoms with E-state index in [0.29, 0.717) is 11.3 Å². The van der Waals surface area contributed by atoms with Crippen LogP contribution in [0.2, 0.25) is 0 Å². The zero-order chi connectivity index (χ0) is 18.4. The first-order chi connectivity index (χ1) is 11.9. The molecule has 1 atom stereocenters. The quantitative estimate of drug-likeness (QED) is 0.756. The first kappa shape index (κ1) is 18.4. The van der Waals surface area contributed by atoms with Crippen molar-refractivity contribution in [3.63, 3.8) is 0 Å². The molecule has 132 valence electrons. The summed E-state index contributed by atoms with van der Waals surface area (Å²) in [4.78, 5) is 22.9. The van der Waals surface area contributed by atoms with Crippen LogP contribution in [0.3, 0.4) is 0 Å². The highest BCUT2D eigenvalue weighted by atomic mass is 19.1. The van der Waals surface area contributed by atoms with Gasteiger partial charge in [-0.05, 0) is 43.2 Å². The fourth-order valence-corrected chi connectivity index (χ4v) is 2.29. The summed E-state index contributed by atoms with van der Waals surface area (Å²) in [5.41, 5.74) is 1.93. The van der Waals surface area contributed by atoms with E-state index in [0.717, 1.165) is 11.6 Å². The van der Waals surface area contributed by atoms with Crippen molar-refractivity contribution in [3.8, 4) is 5.69 Å². The number of hydrogen-bond donors (Lipinski definition) is 2. The Kier molecular flexibility index (Phi) is 6.05. The first-order valence-electron chi connectivity index (χ1n) is 7.91. The third-order valence-corrected chi connectivity index (χ3v) is 3.64. The number of halogens is 1. The predicted octanol–water partition coefficient (Wildman–Crippen LogP) is 2.19. The van der Waals surface area contributed by atoms with E-state index in [1.165, 1.54) is 10.7 Å². The fraction of sp³-hybridized carbons (Fsp3) is 0.278. The highest BCUT2D eigenvalue weighted by molar-refractivity contribution is 5.87. The molecule has 7 heteroatoms. The zero-order valence-corrected chi connectivity index (χ0v) is 14.3. The molecule has 6 nitrogen and oxygen atoms in total. The monoisotopic (exact) mass is 344 g/mol. The lowest BCUT2D eigenvalue weighted by atomic mass is 10.1. The Morgan fingerprint density at radius 2 is 2.20 bits per heavy atom. The van der Waals surface area contributed by atoms with Gasteiger partial charge in [0.1, 0.15) is 11.5 Å². The largest absolute Gasteiger partial charge is 0.352 e. The molecule has 0 fully saturated rings. The molecule has 25 heavy (non-hydrogen) atoms. The number of rotatable bonds is 7. The lowest BCUT2D eigenvalue weighted by Gasteiger charge is -2.15. The Labute approximate surface area is 145 Å². The minimum absolute atomic E-state index is 0.136. The summed E-state index contributed by atoms with van der Waals surface area (Å²) in [6, 6.07) is 4.41. The van der Waals surface area contributed by atoms with Gasteiger partial charge >= 0.3 is 0 Å². The van der Waals surface area contributed by atoms with Gasteiger partial charge in [-0.25, -0.2) is 9.07 Å². The summed E-state index contributed by atoms with van der Waals surface area (Å²) in [6.45, 7) is 7.20. The molecule has 0 radical (unpaired) electrons. The summed E-state index contributed by atoms with van der Waals surface area (Å²) >= 11 is 0. The lowest BCUT2D eigenvalue weighted by Crippen LogP contribution is -2.31. The van der Waals surface area contributed by atoms with Gasteiger partial charge in [0, 0.05) is 19.2 Å². The molecule has 2 N–H and O–H groups in total. The maximum absolute atomic E-state index is 14.3. The SMILES string of the molecule is C=CC(=O)NCCC(=O)NC(C)c1ccc(-n2cc(C)cn2)c(F)c1. The average molecular weight is 344 g/mol. The molecular weight excluding hydrogens is 323 g/mol. The van der Waals surface area contributed by atoms with E-state index in [4.69, 9.17) is 0 Å². The molecule has 0 aliphatic heterocycles. The van der Waals surface area contributed by atoms with Crippen LogP contribution in [0.25, 0.3) is 5.69 Å². The smallest absolute Gasteiger partial charge is 0.243 e. The molecule has 1 heterocycles. The van der Waals surface area contributed by atoms with Crippen molar-refractivity contribution in [2.45, 2.75) is 26.3 Å². The van der Waals surface area contributed by atoms with Crippen LogP contribution in [-0.4, -0.2) is 28.1 Å². The standard InChI is InChI=1S/C18H21FN4O2/c1-4-17(24)20-8-7-18(25)22-13(3)14-5-6-16(15(19)9-14)23-11-12(2)10-21-23/h4-6,9-11,13H,1,7-8H2,2-3H3,(H,20,24)(H,22,25). The second-order valence-corrected chi connectivity index (χ2v) is 5.71. The number of carbonyl (C=O) groups excluding carboxylic acids is 2. The van der Waals surface area contributed by atoms with Gasteiger partial charge in [0.05, 0.1) is 12.2 Å². The molecule has 2 aromatic rings. The third kappa shape index (κ3) is 5.00. The molecule has 0 saturated heterocycles. The van der Waals surface area contributed by atoms with E-state index >= 15 is 0 Å². The average Bonchev–Trinajstić information content (AvgIpc) is 3.00. The van der Waals surface area contributed by atoms with E-state index in [2.05, 4.69) is 22.3 Å². The van der Waals surface area contributed by atoms with Crippen LogP contribution in [0.4, 0.5) is 4.39 Å². The molecule has 1 unspecified atom stereocenters. The van der Waals surface area contributed by atoms with Crippen molar-refractivity contribution in [1.82, 2.24) is 20.4 Å². The van der Waals surface area contributed by atoms with Crippen LogP contribution in [0, 0.1) is 12.7 Å². The summed E-state index contributed by atoms with van der Waals surface area (Å²) in [6.07, 6.45) is 4.67. The highest BCUT2D eigenvalue weighted by Crippen LogP contribution is 2.19. The second kappa shape index (κ2) is 8.23. The maximum atomic E-state index is 14.3. The Morgan fingerprint density at radius 3 is 2.80 bits per heavy atom. The van der Waals surface area contributed by atoms with Crippen molar-refractivity contribution >= 4 is 11.8 Å². The number of carbonyl (C=O) groups is 2. The minimum Gasteiger partial charge on any atom is -0.352 e. The minimum atomic E-state index is -0.417. The molecule has 0 aliphatic rings. The van der Waals surface area contributed by atoms with Gasteiger partial charge in [0.15, 0.2) is 0 Å². The topological polar surface area (TPSA) is 76.0 Å². The van der Waals surface area contributed by atoms with Crippen LogP contribution >= 0.6 is 0 Å². The van der Waals surface area contributed by atoms with E-state index in [9.17, 15) is 14.0 Å². The van der Waals surface area contributed by atoms with Gasteiger partial charge in [-0.1, -0.05) is 12.6 Å². The number of nitrogens with one attached hydrogen (secondary N) is 2. The zero-order valence-electron chi connectivity index (χ0n) is 14.3. The lowest BCUT2D eigenvalue weighted by molar-refractivity contribution is -0.121. The van der Waals surface area contributed by atoms with Gasteiger partial charge in [-0.3, -0.25) is 9.59 Å². The number of aryl methyl sites for hydroxylation is 1. The summed E-state index contributed by atoms with van der Waals surface area (Å²) in [5.74, 6) is -0.976. The van der Waals surface area contributed by atoms with Gasteiger partial charge < -0.3 is 10.6 Å². The van der Waals surface area contributed by atoms with Crippen LogP contribution in [-0.2, 0) is 9.59 Å². The van der Waals surface area contributed by atoms with Crippen LogP contribution in [0.5, 0.6) is 0 Å². The van der Waals surface area contributed by atoms with Crippen molar-refractivity contribution in [3.05, 3.63) is 60.2 Å². The van der Waals surface area contributed by atoms with Crippen molar-refractivity contribution in [2.24, 2.45) is 0 Å². The molecule has 0 bridgehead atoms. The number of nitrogens with zero attached hydrogens (tertiary/aromatic N) is 2. The Balaban J connectivity index is 1.96. The maximum Gasteiger partial charge on any atom is 0.243 e. The molecule has 0 aliphatic carbocycles. The molecule has 1 aromatic heterocycles. The van der Waals surface area contributed by atoms with Gasteiger partial charge in [-0.15, -0.1) is 0 Å². The predicted molar refractivity (Wildman–Crippen MR) is 92.6 cm³/mol. The van der Waals surface area contributed by atoms with Crippen molar-refractivity contribution in [1.29, 1.82) is 0 Å². The summed E-state index contributed by atoms with van der Waals surface area (Å²) < 4.78 is 15.8. The fourth-order valence-electron chi connectivity index (χ4n) is 2.29. The molecule has 0 spiro atoms. The highest BCUT2D eigenvalue weighted by Gasteiger charge is 2.13. The molecule has 2 amide bonds. The van der Waals surface area contributed by atoms with Crippen molar-refractivity contribution in [2.75, 3.05) is 6.54 Å². The van der Waals surface area contributed by atoms with Crippen LogP contribution in [0.1, 0.15) is 30.5 Å². The third-order valence-electron chi connectivity index (χ3n) is 3.64. The summed E-state index contributed by atoms with van der Waals surface area (Å²) in [7, 11) is 0. The Hall–Kier alpha value is -2.96. The number of amides is 2.